The number of ether oxygens (including phenoxy) is 1. The molecule has 108 valence electrons. The van der Waals surface area contributed by atoms with Crippen molar-refractivity contribution in [3.05, 3.63) is 30.1 Å². The molecular weight excluding hydrogens is 259 g/mol. The highest BCUT2D eigenvalue weighted by atomic mass is 19.1. The molecule has 1 aromatic carbocycles. The van der Waals surface area contributed by atoms with Gasteiger partial charge in [0.2, 0.25) is 5.91 Å². The Morgan fingerprint density at radius 3 is 2.75 bits per heavy atom. The average molecular weight is 278 g/mol. The minimum atomic E-state index is -0.302. The number of piperidine rings is 1. The van der Waals surface area contributed by atoms with Crippen LogP contribution >= 0.6 is 0 Å². The van der Waals surface area contributed by atoms with Gasteiger partial charge in [0.1, 0.15) is 5.82 Å². The van der Waals surface area contributed by atoms with Crippen LogP contribution in [0.15, 0.2) is 24.3 Å². The van der Waals surface area contributed by atoms with Crippen LogP contribution in [0.2, 0.25) is 0 Å². The van der Waals surface area contributed by atoms with Crippen molar-refractivity contribution in [2.75, 3.05) is 37.7 Å². The lowest BCUT2D eigenvalue weighted by Crippen LogP contribution is -2.55. The van der Waals surface area contributed by atoms with Gasteiger partial charge in [-0.05, 0) is 31.0 Å². The summed E-state index contributed by atoms with van der Waals surface area (Å²) in [7, 11) is 0. The van der Waals surface area contributed by atoms with Crippen LogP contribution < -0.4 is 4.90 Å². The maximum absolute atomic E-state index is 13.3. The normalized spacial score (nSPS) is 24.9. The van der Waals surface area contributed by atoms with Gasteiger partial charge in [0.15, 0.2) is 0 Å². The molecule has 5 heteroatoms. The number of morpholine rings is 1. The zero-order valence-electron chi connectivity index (χ0n) is 11.4. The molecule has 0 aliphatic carbocycles. The van der Waals surface area contributed by atoms with E-state index < -0.39 is 0 Å². The molecule has 0 spiro atoms. The van der Waals surface area contributed by atoms with Crippen LogP contribution in [0.3, 0.4) is 0 Å². The van der Waals surface area contributed by atoms with Gasteiger partial charge >= 0.3 is 0 Å². The lowest BCUT2D eigenvalue weighted by molar-refractivity contribution is -0.127. The number of hydrogen-bond acceptors (Lipinski definition) is 3. The number of carbonyl (C=O) groups is 1. The second kappa shape index (κ2) is 5.89. The van der Waals surface area contributed by atoms with Crippen LogP contribution in [-0.4, -0.2) is 49.7 Å². The van der Waals surface area contributed by atoms with Crippen LogP contribution in [0.4, 0.5) is 10.1 Å². The third-order valence-electron chi connectivity index (χ3n) is 4.02. The van der Waals surface area contributed by atoms with Crippen molar-refractivity contribution in [1.29, 1.82) is 0 Å². The van der Waals surface area contributed by atoms with Gasteiger partial charge in [-0.3, -0.25) is 9.69 Å². The number of amides is 1. The second-order valence-corrected chi connectivity index (χ2v) is 5.28. The highest BCUT2D eigenvalue weighted by Crippen LogP contribution is 2.24. The summed E-state index contributed by atoms with van der Waals surface area (Å²) in [5.74, 6) is -0.215. The van der Waals surface area contributed by atoms with E-state index in [2.05, 4.69) is 4.90 Å². The van der Waals surface area contributed by atoms with Crippen LogP contribution in [0.25, 0.3) is 0 Å². The van der Waals surface area contributed by atoms with Crippen LogP contribution in [0.5, 0.6) is 0 Å². The quantitative estimate of drug-likeness (QED) is 0.824. The first-order valence-electron chi connectivity index (χ1n) is 7.14. The van der Waals surface area contributed by atoms with Crippen molar-refractivity contribution in [3.8, 4) is 0 Å². The molecule has 0 unspecified atom stereocenters. The molecule has 1 amide bonds. The fraction of sp³-hybridized carbons (Fsp3) is 0.533. The van der Waals surface area contributed by atoms with Gasteiger partial charge in [-0.1, -0.05) is 6.07 Å². The Balaban J connectivity index is 1.77. The molecule has 2 aliphatic rings. The fourth-order valence-electron chi connectivity index (χ4n) is 2.98. The van der Waals surface area contributed by atoms with E-state index >= 15 is 0 Å². The molecule has 1 atom stereocenters. The molecule has 2 fully saturated rings. The Hall–Kier alpha value is -1.46. The molecule has 0 saturated carbocycles. The van der Waals surface area contributed by atoms with Crippen molar-refractivity contribution < 1.29 is 13.9 Å². The Morgan fingerprint density at radius 1 is 1.20 bits per heavy atom. The molecule has 0 aromatic heterocycles. The van der Waals surface area contributed by atoms with Crippen molar-refractivity contribution in [1.82, 2.24) is 4.90 Å². The maximum Gasteiger partial charge on any atom is 0.244 e. The maximum atomic E-state index is 13.3. The molecule has 4 nitrogen and oxygen atoms in total. The lowest BCUT2D eigenvalue weighted by Gasteiger charge is -2.39. The number of nitrogens with zero attached hydrogens (tertiary/aromatic N) is 2. The standard InChI is InChI=1S/C15H19FN2O2/c16-12-3-1-4-13(11-12)18-6-2-5-14(15(18)19)17-7-9-20-10-8-17/h1,3-4,11,14H,2,5-10H2/t14-/m1/s1. The van der Waals surface area contributed by atoms with E-state index in [9.17, 15) is 9.18 Å². The number of anilines is 1. The lowest BCUT2D eigenvalue weighted by atomic mass is 10.0. The summed E-state index contributed by atoms with van der Waals surface area (Å²) < 4.78 is 18.7. The summed E-state index contributed by atoms with van der Waals surface area (Å²) in [6, 6.07) is 6.19. The van der Waals surface area contributed by atoms with Crippen molar-refractivity contribution in [2.24, 2.45) is 0 Å². The first-order chi connectivity index (χ1) is 9.75. The SMILES string of the molecule is O=C1[C@H](N2CCOCC2)CCCN1c1cccc(F)c1. The van der Waals surface area contributed by atoms with Gasteiger partial charge in [0.05, 0.1) is 19.3 Å². The first-order valence-corrected chi connectivity index (χ1v) is 7.14. The number of halogens is 1. The zero-order valence-corrected chi connectivity index (χ0v) is 11.4. The van der Waals surface area contributed by atoms with E-state index in [1.54, 1.807) is 17.0 Å². The summed E-state index contributed by atoms with van der Waals surface area (Å²) in [4.78, 5) is 16.6. The van der Waals surface area contributed by atoms with E-state index in [0.29, 0.717) is 25.4 Å². The van der Waals surface area contributed by atoms with E-state index in [1.165, 1.54) is 12.1 Å². The predicted octanol–water partition coefficient (Wildman–Crippen LogP) is 1.65. The Kier molecular flexibility index (Phi) is 3.98. The molecule has 1 aromatic rings. The molecule has 0 N–H and O–H groups in total. The topological polar surface area (TPSA) is 32.8 Å². The van der Waals surface area contributed by atoms with Gasteiger partial charge in [-0.25, -0.2) is 4.39 Å². The Morgan fingerprint density at radius 2 is 2.00 bits per heavy atom. The van der Waals surface area contributed by atoms with E-state index in [1.807, 2.05) is 0 Å². The first kappa shape index (κ1) is 13.5. The third kappa shape index (κ3) is 2.69. The summed E-state index contributed by atoms with van der Waals surface area (Å²) in [6.07, 6.45) is 1.83. The fourth-order valence-corrected chi connectivity index (χ4v) is 2.98. The highest BCUT2D eigenvalue weighted by molar-refractivity contribution is 5.97. The third-order valence-corrected chi connectivity index (χ3v) is 4.02. The zero-order chi connectivity index (χ0) is 13.9. The largest absolute Gasteiger partial charge is 0.379 e. The van der Waals surface area contributed by atoms with Crippen molar-refractivity contribution in [2.45, 2.75) is 18.9 Å². The van der Waals surface area contributed by atoms with E-state index in [0.717, 1.165) is 25.9 Å². The molecule has 2 heterocycles. The van der Waals surface area contributed by atoms with Gasteiger partial charge < -0.3 is 9.64 Å². The minimum absolute atomic E-state index is 0.0868. The van der Waals surface area contributed by atoms with Gasteiger partial charge in [0.25, 0.3) is 0 Å². The summed E-state index contributed by atoms with van der Waals surface area (Å²) in [6.45, 7) is 3.64. The predicted molar refractivity (Wildman–Crippen MR) is 74.2 cm³/mol. The van der Waals surface area contributed by atoms with Gasteiger partial charge in [-0.15, -0.1) is 0 Å². The van der Waals surface area contributed by atoms with Crippen molar-refractivity contribution in [3.63, 3.8) is 0 Å². The molecule has 3 rings (SSSR count). The second-order valence-electron chi connectivity index (χ2n) is 5.28. The number of rotatable bonds is 2. The van der Waals surface area contributed by atoms with E-state index in [4.69, 9.17) is 4.74 Å². The molecule has 0 radical (unpaired) electrons. The molecular formula is C15H19FN2O2. The van der Waals surface area contributed by atoms with Crippen LogP contribution in [0, 0.1) is 5.82 Å². The molecule has 0 bridgehead atoms. The van der Waals surface area contributed by atoms with E-state index in [-0.39, 0.29) is 17.8 Å². The minimum Gasteiger partial charge on any atom is -0.379 e. The smallest absolute Gasteiger partial charge is 0.244 e. The number of carbonyl (C=O) groups excluding carboxylic acids is 1. The Bertz CT molecular complexity index is 489. The highest BCUT2D eigenvalue weighted by Gasteiger charge is 2.34. The average Bonchev–Trinajstić information content (AvgIpc) is 2.48. The summed E-state index contributed by atoms with van der Waals surface area (Å²) in [5.41, 5.74) is 0.660. The monoisotopic (exact) mass is 278 g/mol. The molecule has 20 heavy (non-hydrogen) atoms. The Labute approximate surface area is 118 Å². The number of hydrogen-bond donors (Lipinski definition) is 0. The summed E-state index contributed by atoms with van der Waals surface area (Å²) in [5, 5.41) is 0. The van der Waals surface area contributed by atoms with Crippen LogP contribution in [0.1, 0.15) is 12.8 Å². The van der Waals surface area contributed by atoms with Crippen molar-refractivity contribution >= 4 is 11.6 Å². The number of benzene rings is 1. The summed E-state index contributed by atoms with van der Waals surface area (Å²) >= 11 is 0. The van der Waals surface area contributed by atoms with Gasteiger partial charge in [0, 0.05) is 25.3 Å². The molecule has 2 saturated heterocycles. The van der Waals surface area contributed by atoms with Gasteiger partial charge in [-0.2, -0.15) is 0 Å². The molecule has 2 aliphatic heterocycles. The van der Waals surface area contributed by atoms with Crippen LogP contribution in [-0.2, 0) is 9.53 Å².